The number of nitriles is 1. The molecule has 0 fully saturated rings. The lowest BCUT2D eigenvalue weighted by Crippen LogP contribution is -2.30. The van der Waals surface area contributed by atoms with Crippen molar-refractivity contribution in [2.24, 2.45) is 0 Å². The molecule has 0 saturated heterocycles. The predicted molar refractivity (Wildman–Crippen MR) is 110 cm³/mol. The van der Waals surface area contributed by atoms with Crippen LogP contribution < -0.4 is 10.6 Å². The number of halogens is 7. The molecule has 5 nitrogen and oxygen atoms in total. The number of allylic oxidation sites excluding steroid dienone is 1. The zero-order valence-electron chi connectivity index (χ0n) is 16.9. The Morgan fingerprint density at radius 3 is 1.85 bits per heavy atom. The van der Waals surface area contributed by atoms with Crippen LogP contribution in [0.25, 0.3) is 0 Å². The lowest BCUT2D eigenvalue weighted by Gasteiger charge is -2.20. The van der Waals surface area contributed by atoms with E-state index < -0.39 is 55.8 Å². The van der Waals surface area contributed by atoms with Gasteiger partial charge in [0.05, 0.1) is 16.0 Å². The second-order valence-corrected chi connectivity index (χ2v) is 9.31. The zero-order valence-corrected chi connectivity index (χ0v) is 18.5. The Labute approximate surface area is 190 Å². The summed E-state index contributed by atoms with van der Waals surface area (Å²) in [4.78, 5) is -1.29. The van der Waals surface area contributed by atoms with Gasteiger partial charge in [0, 0.05) is 16.8 Å². The van der Waals surface area contributed by atoms with Crippen molar-refractivity contribution in [1.82, 2.24) is 5.32 Å². The number of nitrogens with one attached hydrogen (secondary N) is 2. The molecule has 0 amide bonds. The summed E-state index contributed by atoms with van der Waals surface area (Å²) in [6.45, 7) is 3.05. The van der Waals surface area contributed by atoms with Gasteiger partial charge in [-0.2, -0.15) is 31.6 Å². The molecule has 178 valence electrons. The minimum Gasteiger partial charge on any atom is -0.368 e. The molecule has 0 aromatic heterocycles. The maximum Gasteiger partial charge on any atom is 0.416 e. The molecule has 2 rings (SSSR count). The molecule has 13 heteroatoms. The molecule has 0 bridgehead atoms. The summed E-state index contributed by atoms with van der Waals surface area (Å²) in [7, 11) is -4.52. The first-order valence-electron chi connectivity index (χ1n) is 9.03. The molecule has 0 saturated carbocycles. The third kappa shape index (κ3) is 6.55. The largest absolute Gasteiger partial charge is 0.416 e. The molecule has 0 aliphatic heterocycles. The lowest BCUT2D eigenvalue weighted by molar-refractivity contribution is -0.143. The van der Waals surface area contributed by atoms with E-state index in [1.54, 1.807) is 0 Å². The molecule has 0 heterocycles. The summed E-state index contributed by atoms with van der Waals surface area (Å²) in [5.74, 6) is -0.588. The van der Waals surface area contributed by atoms with E-state index in [4.69, 9.17) is 11.6 Å². The molecule has 33 heavy (non-hydrogen) atoms. The Balaban J connectivity index is 2.71. The Bertz CT molecular complexity index is 1170. The maximum absolute atomic E-state index is 13.2. The van der Waals surface area contributed by atoms with Crippen molar-refractivity contribution in [3.63, 3.8) is 0 Å². The summed E-state index contributed by atoms with van der Waals surface area (Å²) in [6, 6.07) is 6.29. The van der Waals surface area contributed by atoms with Gasteiger partial charge in [-0.1, -0.05) is 11.6 Å². The third-order valence-electron chi connectivity index (χ3n) is 4.01. The fourth-order valence-corrected chi connectivity index (χ4v) is 3.96. The first-order valence-corrected chi connectivity index (χ1v) is 10.9. The van der Waals surface area contributed by atoms with Crippen molar-refractivity contribution in [2.75, 3.05) is 5.32 Å². The molecule has 0 radical (unpaired) electrons. The molecule has 0 atom stereocenters. The molecule has 2 aromatic rings. The van der Waals surface area contributed by atoms with Gasteiger partial charge in [0.1, 0.15) is 11.9 Å². The van der Waals surface area contributed by atoms with Crippen LogP contribution in [0.1, 0.15) is 25.0 Å². The van der Waals surface area contributed by atoms with E-state index in [-0.39, 0.29) is 16.0 Å². The van der Waals surface area contributed by atoms with Crippen molar-refractivity contribution in [2.45, 2.75) is 37.1 Å². The van der Waals surface area contributed by atoms with E-state index in [0.29, 0.717) is 12.1 Å². The van der Waals surface area contributed by atoms with Crippen LogP contribution in [0.2, 0.25) is 5.02 Å². The van der Waals surface area contributed by atoms with Gasteiger partial charge >= 0.3 is 12.4 Å². The molecule has 0 aliphatic carbocycles. The van der Waals surface area contributed by atoms with Gasteiger partial charge in [0.25, 0.3) is 0 Å². The summed E-state index contributed by atoms with van der Waals surface area (Å²) in [5.41, 5.74) is -3.94. The van der Waals surface area contributed by atoms with Crippen LogP contribution in [0.4, 0.5) is 32.0 Å². The van der Waals surface area contributed by atoms with Crippen molar-refractivity contribution in [1.29, 1.82) is 5.26 Å². The Kier molecular flexibility index (Phi) is 7.60. The molecule has 0 spiro atoms. The number of hydrogen-bond acceptors (Lipinski definition) is 5. The lowest BCUT2D eigenvalue weighted by atomic mass is 10.1. The van der Waals surface area contributed by atoms with Gasteiger partial charge in [-0.3, -0.25) is 0 Å². The number of benzene rings is 2. The van der Waals surface area contributed by atoms with Gasteiger partial charge in [0.2, 0.25) is 9.84 Å². The van der Waals surface area contributed by atoms with Crippen LogP contribution in [0, 0.1) is 11.3 Å². The number of sulfone groups is 1. The van der Waals surface area contributed by atoms with Crippen LogP contribution >= 0.6 is 11.6 Å². The molecule has 0 unspecified atom stereocenters. The van der Waals surface area contributed by atoms with Crippen LogP contribution in [0.5, 0.6) is 0 Å². The fraction of sp³-hybridized carbons (Fsp3) is 0.250. The monoisotopic (exact) mass is 511 g/mol. The fourth-order valence-electron chi connectivity index (χ4n) is 2.60. The minimum atomic E-state index is -5.11. The summed E-state index contributed by atoms with van der Waals surface area (Å²) in [6.07, 6.45) is -10.2. The number of nitrogens with zero attached hydrogens (tertiary/aromatic N) is 1. The van der Waals surface area contributed by atoms with Crippen molar-refractivity contribution >= 4 is 27.1 Å². The average molecular weight is 512 g/mol. The summed E-state index contributed by atoms with van der Waals surface area (Å²) in [5, 5.41) is 14.5. The topological polar surface area (TPSA) is 82.0 Å². The van der Waals surface area contributed by atoms with Crippen molar-refractivity contribution in [3.8, 4) is 6.07 Å². The van der Waals surface area contributed by atoms with E-state index in [1.165, 1.54) is 32.0 Å². The third-order valence-corrected chi connectivity index (χ3v) is 5.99. The highest BCUT2D eigenvalue weighted by atomic mass is 35.5. The van der Waals surface area contributed by atoms with E-state index >= 15 is 0 Å². The van der Waals surface area contributed by atoms with Gasteiger partial charge in [-0.15, -0.1) is 0 Å². The van der Waals surface area contributed by atoms with Crippen LogP contribution in [0.15, 0.2) is 58.1 Å². The van der Waals surface area contributed by atoms with Crippen molar-refractivity contribution in [3.05, 3.63) is 69.3 Å². The Hall–Kier alpha value is -2.91. The number of alkyl halides is 6. The zero-order chi connectivity index (χ0) is 25.2. The van der Waals surface area contributed by atoms with Gasteiger partial charge < -0.3 is 10.6 Å². The molecular formula is C20H16ClF6N3O2S. The first-order chi connectivity index (χ1) is 15.1. The normalized spacial score (nSPS) is 13.4. The molecule has 2 aromatic carbocycles. The molecular weight excluding hydrogens is 496 g/mol. The second kappa shape index (κ2) is 9.52. The number of rotatable bonds is 6. The Morgan fingerprint density at radius 1 is 0.970 bits per heavy atom. The average Bonchev–Trinajstić information content (AvgIpc) is 2.66. The van der Waals surface area contributed by atoms with E-state index in [2.05, 4.69) is 10.6 Å². The maximum atomic E-state index is 13.2. The van der Waals surface area contributed by atoms with Gasteiger partial charge in [0.15, 0.2) is 4.91 Å². The summed E-state index contributed by atoms with van der Waals surface area (Å²) < 4.78 is 105. The van der Waals surface area contributed by atoms with Crippen molar-refractivity contribution < 1.29 is 34.8 Å². The van der Waals surface area contributed by atoms with E-state index in [1.807, 2.05) is 0 Å². The molecule has 2 N–H and O–H groups in total. The van der Waals surface area contributed by atoms with Crippen LogP contribution in [0.3, 0.4) is 0 Å². The SMILES string of the molecule is CC(C)NC(Nc1cc(C(F)(F)F)cc(C(F)(F)F)c1)=C(C#N)S(=O)(=O)c1ccc(Cl)cc1. The number of hydrogen-bond donors (Lipinski definition) is 2. The quantitative estimate of drug-likeness (QED) is 0.370. The van der Waals surface area contributed by atoms with E-state index in [9.17, 15) is 40.0 Å². The first kappa shape index (κ1) is 26.3. The standard InChI is InChI=1S/C20H16ClF6N3O2S/c1-11(2)29-18(17(10-28)33(31,32)16-5-3-14(21)4-6-16)30-15-8-12(19(22,23)24)7-13(9-15)20(25,26)27/h3-9,11,29-30H,1-2H3. The smallest absolute Gasteiger partial charge is 0.368 e. The van der Waals surface area contributed by atoms with Crippen LogP contribution in [-0.4, -0.2) is 14.5 Å². The number of anilines is 1. The van der Waals surface area contributed by atoms with Crippen LogP contribution in [-0.2, 0) is 22.2 Å². The van der Waals surface area contributed by atoms with Gasteiger partial charge in [-0.25, -0.2) is 8.42 Å². The van der Waals surface area contributed by atoms with E-state index in [0.717, 1.165) is 12.1 Å². The minimum absolute atomic E-state index is 0.0693. The highest BCUT2D eigenvalue weighted by Crippen LogP contribution is 2.38. The Morgan fingerprint density at radius 2 is 1.45 bits per heavy atom. The second-order valence-electron chi connectivity index (χ2n) is 6.99. The molecule has 0 aliphatic rings. The predicted octanol–water partition coefficient (Wildman–Crippen LogP) is 5.95. The highest BCUT2D eigenvalue weighted by Gasteiger charge is 2.37. The van der Waals surface area contributed by atoms with Gasteiger partial charge in [-0.05, 0) is 56.3 Å². The summed E-state index contributed by atoms with van der Waals surface area (Å²) >= 11 is 5.74. The highest BCUT2D eigenvalue weighted by molar-refractivity contribution is 7.95.